The third kappa shape index (κ3) is 3.52. The Morgan fingerprint density at radius 3 is 2.65 bits per heavy atom. The van der Waals surface area contributed by atoms with Gasteiger partial charge < -0.3 is 10.6 Å². The first-order chi connectivity index (χ1) is 11.0. The number of anilines is 1. The number of halogens is 1. The average Bonchev–Trinajstić information content (AvgIpc) is 3.22. The molecular weight excluding hydrogens is 338 g/mol. The average molecular weight is 358 g/mol. The van der Waals surface area contributed by atoms with Gasteiger partial charge in [-0.25, -0.2) is 8.42 Å². The second-order valence-corrected chi connectivity index (χ2v) is 8.21. The highest BCUT2D eigenvalue weighted by Crippen LogP contribution is 2.29. The fraction of sp³-hybridized carbons (Fsp3) is 0.533. The van der Waals surface area contributed by atoms with E-state index in [-0.39, 0.29) is 21.9 Å². The van der Waals surface area contributed by atoms with Gasteiger partial charge in [-0.1, -0.05) is 11.6 Å². The van der Waals surface area contributed by atoms with E-state index < -0.39 is 10.0 Å². The van der Waals surface area contributed by atoms with E-state index in [2.05, 4.69) is 10.6 Å². The van der Waals surface area contributed by atoms with Gasteiger partial charge in [-0.3, -0.25) is 4.79 Å². The van der Waals surface area contributed by atoms with Gasteiger partial charge in [-0.2, -0.15) is 4.31 Å². The van der Waals surface area contributed by atoms with Crippen LogP contribution in [0.4, 0.5) is 5.69 Å². The molecule has 2 aliphatic rings. The van der Waals surface area contributed by atoms with Crippen LogP contribution in [0, 0.1) is 0 Å². The van der Waals surface area contributed by atoms with E-state index in [1.165, 1.54) is 16.4 Å². The van der Waals surface area contributed by atoms with Gasteiger partial charge in [0.15, 0.2) is 0 Å². The van der Waals surface area contributed by atoms with E-state index in [1.807, 2.05) is 0 Å². The maximum atomic E-state index is 12.7. The number of nitrogens with zero attached hydrogens (tertiary/aromatic N) is 1. The fourth-order valence-corrected chi connectivity index (χ4v) is 5.00. The summed E-state index contributed by atoms with van der Waals surface area (Å²) in [5.41, 5.74) is 0.450. The normalized spacial score (nSPS) is 22.4. The van der Waals surface area contributed by atoms with Crippen LogP contribution in [0.15, 0.2) is 23.1 Å². The van der Waals surface area contributed by atoms with E-state index in [0.717, 1.165) is 32.2 Å². The lowest BCUT2D eigenvalue weighted by atomic mass is 10.2. The zero-order chi connectivity index (χ0) is 16.4. The van der Waals surface area contributed by atoms with Crippen molar-refractivity contribution in [3.8, 4) is 0 Å². The van der Waals surface area contributed by atoms with Crippen LogP contribution in [-0.2, 0) is 14.8 Å². The molecule has 0 aromatic heterocycles. The van der Waals surface area contributed by atoms with E-state index in [0.29, 0.717) is 18.8 Å². The summed E-state index contributed by atoms with van der Waals surface area (Å²) < 4.78 is 26.8. The van der Waals surface area contributed by atoms with Gasteiger partial charge >= 0.3 is 0 Å². The topological polar surface area (TPSA) is 78.5 Å². The molecule has 2 N–H and O–H groups in total. The summed E-state index contributed by atoms with van der Waals surface area (Å²) in [5, 5.41) is 6.06. The fourth-order valence-electron chi connectivity index (χ4n) is 2.98. The minimum Gasteiger partial charge on any atom is -0.325 e. The molecule has 126 valence electrons. The molecule has 0 spiro atoms. The van der Waals surface area contributed by atoms with Crippen LogP contribution >= 0.6 is 11.6 Å². The van der Waals surface area contributed by atoms with Crippen molar-refractivity contribution >= 4 is 33.2 Å². The van der Waals surface area contributed by atoms with Gasteiger partial charge in [0.1, 0.15) is 4.90 Å². The van der Waals surface area contributed by atoms with Crippen molar-refractivity contribution in [1.29, 1.82) is 0 Å². The van der Waals surface area contributed by atoms with Gasteiger partial charge in [0.2, 0.25) is 15.9 Å². The molecule has 1 unspecified atom stereocenters. The molecule has 0 radical (unpaired) electrons. The summed E-state index contributed by atoms with van der Waals surface area (Å²) >= 11 is 6.09. The quantitative estimate of drug-likeness (QED) is 0.861. The van der Waals surface area contributed by atoms with Crippen LogP contribution in [0.3, 0.4) is 0 Å². The van der Waals surface area contributed by atoms with Crippen LogP contribution in [0.1, 0.15) is 25.7 Å². The summed E-state index contributed by atoms with van der Waals surface area (Å²) in [6.07, 6.45) is 3.48. The molecule has 1 aromatic rings. The summed E-state index contributed by atoms with van der Waals surface area (Å²) in [5.74, 6) is -0.144. The Bertz CT molecular complexity index is 696. The van der Waals surface area contributed by atoms with Gasteiger partial charge in [-0.15, -0.1) is 0 Å². The third-order valence-corrected chi connectivity index (χ3v) is 6.64. The Morgan fingerprint density at radius 2 is 2.00 bits per heavy atom. The number of hydrogen-bond acceptors (Lipinski definition) is 4. The molecule has 0 saturated carbocycles. The van der Waals surface area contributed by atoms with Crippen molar-refractivity contribution in [2.75, 3.05) is 25.0 Å². The zero-order valence-electron chi connectivity index (χ0n) is 12.7. The van der Waals surface area contributed by atoms with E-state index >= 15 is 0 Å². The molecule has 1 atom stereocenters. The molecule has 1 amide bonds. The van der Waals surface area contributed by atoms with Crippen LogP contribution in [0.2, 0.25) is 5.02 Å². The first kappa shape index (κ1) is 16.7. The molecule has 1 aromatic carbocycles. The lowest BCUT2D eigenvalue weighted by Gasteiger charge is -2.18. The SMILES string of the molecule is O=C(Nc1ccc(Cl)c(S(=O)(=O)N2CCCC2)c1)C1CCCN1. The Morgan fingerprint density at radius 1 is 1.26 bits per heavy atom. The lowest BCUT2D eigenvalue weighted by molar-refractivity contribution is -0.117. The number of rotatable bonds is 4. The Hall–Kier alpha value is -1.15. The minimum absolute atomic E-state index is 0.0539. The summed E-state index contributed by atoms with van der Waals surface area (Å²) in [6, 6.07) is 4.37. The van der Waals surface area contributed by atoms with Crippen molar-refractivity contribution < 1.29 is 13.2 Å². The smallest absolute Gasteiger partial charge is 0.244 e. The molecular formula is C15H20ClN3O3S. The van der Waals surface area contributed by atoms with E-state index in [4.69, 9.17) is 11.6 Å². The Balaban J connectivity index is 1.82. The van der Waals surface area contributed by atoms with Crippen molar-refractivity contribution in [3.63, 3.8) is 0 Å². The van der Waals surface area contributed by atoms with Crippen LogP contribution in [0.5, 0.6) is 0 Å². The predicted octanol–water partition coefficient (Wildman–Crippen LogP) is 1.82. The number of sulfonamides is 1. The largest absolute Gasteiger partial charge is 0.325 e. The molecule has 2 fully saturated rings. The van der Waals surface area contributed by atoms with Gasteiger partial charge in [0, 0.05) is 18.8 Å². The maximum absolute atomic E-state index is 12.7. The molecule has 0 aliphatic carbocycles. The highest BCUT2D eigenvalue weighted by molar-refractivity contribution is 7.89. The molecule has 2 heterocycles. The summed E-state index contributed by atoms with van der Waals surface area (Å²) in [6.45, 7) is 1.86. The van der Waals surface area contributed by atoms with Crippen molar-refractivity contribution in [2.24, 2.45) is 0 Å². The summed E-state index contributed by atoms with van der Waals surface area (Å²) in [4.78, 5) is 12.2. The first-order valence-corrected chi connectivity index (χ1v) is 9.64. The molecule has 2 aliphatic heterocycles. The highest BCUT2D eigenvalue weighted by atomic mass is 35.5. The first-order valence-electron chi connectivity index (χ1n) is 7.82. The second-order valence-electron chi connectivity index (χ2n) is 5.89. The highest BCUT2D eigenvalue weighted by Gasteiger charge is 2.29. The lowest BCUT2D eigenvalue weighted by Crippen LogP contribution is -2.35. The van der Waals surface area contributed by atoms with Crippen molar-refractivity contribution in [1.82, 2.24) is 9.62 Å². The second kappa shape index (κ2) is 6.76. The zero-order valence-corrected chi connectivity index (χ0v) is 14.3. The van der Waals surface area contributed by atoms with Gasteiger partial charge in [-0.05, 0) is 50.4 Å². The molecule has 3 rings (SSSR count). The molecule has 23 heavy (non-hydrogen) atoms. The number of amides is 1. The third-order valence-electron chi connectivity index (χ3n) is 4.26. The van der Waals surface area contributed by atoms with E-state index in [1.54, 1.807) is 6.07 Å². The van der Waals surface area contributed by atoms with Gasteiger partial charge in [0.25, 0.3) is 0 Å². The summed E-state index contributed by atoms with van der Waals surface area (Å²) in [7, 11) is -3.61. The monoisotopic (exact) mass is 357 g/mol. The van der Waals surface area contributed by atoms with Crippen LogP contribution in [-0.4, -0.2) is 44.3 Å². The van der Waals surface area contributed by atoms with Crippen molar-refractivity contribution in [3.05, 3.63) is 23.2 Å². The number of carbonyl (C=O) groups excluding carboxylic acids is 1. The molecule has 2 saturated heterocycles. The molecule has 8 heteroatoms. The number of hydrogen-bond donors (Lipinski definition) is 2. The van der Waals surface area contributed by atoms with E-state index in [9.17, 15) is 13.2 Å². The van der Waals surface area contributed by atoms with Crippen LogP contribution in [0.25, 0.3) is 0 Å². The van der Waals surface area contributed by atoms with Crippen LogP contribution < -0.4 is 10.6 Å². The minimum atomic E-state index is -3.61. The van der Waals surface area contributed by atoms with Crippen molar-refractivity contribution in [2.45, 2.75) is 36.6 Å². The number of carbonyl (C=O) groups is 1. The Labute approximate surface area is 141 Å². The maximum Gasteiger partial charge on any atom is 0.244 e. The predicted molar refractivity (Wildman–Crippen MR) is 89.1 cm³/mol. The van der Waals surface area contributed by atoms with Gasteiger partial charge in [0.05, 0.1) is 11.1 Å². The molecule has 6 nitrogen and oxygen atoms in total. The molecule has 0 bridgehead atoms. The standard InChI is InChI=1S/C15H20ClN3O3S/c16-12-6-5-11(18-15(20)13-4-3-7-17-13)10-14(12)23(21,22)19-8-1-2-9-19/h5-6,10,13,17H,1-4,7-9H2,(H,18,20). The Kier molecular flexibility index (Phi) is 4.91. The number of nitrogens with one attached hydrogen (secondary N) is 2. The number of benzene rings is 1.